The van der Waals surface area contributed by atoms with Crippen molar-refractivity contribution in [3.63, 3.8) is 0 Å². The Labute approximate surface area is 317 Å². The average molecular weight is 787 g/mol. The Bertz CT molecular complexity index is 1620. The lowest BCUT2D eigenvalue weighted by Gasteiger charge is -2.71. The highest BCUT2D eigenvalue weighted by atomic mass is 16.8. The Morgan fingerprint density at radius 3 is 1.76 bits per heavy atom. The maximum Gasteiger partial charge on any atom is 0.196 e. The summed E-state index contributed by atoms with van der Waals surface area (Å²) in [5.74, 6) is -1.29. The lowest BCUT2D eigenvalue weighted by molar-refractivity contribution is -0.537. The topological polar surface area (TPSA) is 266 Å². The molecule has 4 saturated heterocycles. The molecule has 0 amide bonds. The second-order valence-electron chi connectivity index (χ2n) is 17.1. The first kappa shape index (κ1) is 40.9. The molecule has 55 heavy (non-hydrogen) atoms. The first-order valence-electron chi connectivity index (χ1n) is 18.4. The highest BCUT2D eigenvalue weighted by Gasteiger charge is 2.85. The Kier molecular flexibility index (Phi) is 11.0. The van der Waals surface area contributed by atoms with Crippen molar-refractivity contribution in [1.29, 1.82) is 0 Å². The highest BCUT2D eigenvalue weighted by Crippen LogP contribution is 2.59. The van der Waals surface area contributed by atoms with Gasteiger partial charge in [-0.2, -0.15) is 0 Å². The highest BCUT2D eigenvalue weighted by molar-refractivity contribution is 5.30. The lowest BCUT2D eigenvalue weighted by atomic mass is 9.55. The van der Waals surface area contributed by atoms with Crippen molar-refractivity contribution in [2.24, 2.45) is 10.8 Å². The lowest BCUT2D eigenvalue weighted by Crippen LogP contribution is -2.96. The van der Waals surface area contributed by atoms with E-state index >= 15 is 0 Å². The number of aliphatic hydroxyl groups excluding tert-OH is 5. The molecule has 0 aromatic carbocycles. The summed E-state index contributed by atoms with van der Waals surface area (Å²) in [4.78, 5) is 0. The molecule has 5 aliphatic rings. The molecular weight excluding hydrogens is 732 g/mol. The molecule has 0 spiro atoms. The number of aliphatic hydroxyl groups is 6. The van der Waals surface area contributed by atoms with Gasteiger partial charge in [0.15, 0.2) is 35.4 Å². The first-order chi connectivity index (χ1) is 25.8. The van der Waals surface area contributed by atoms with Crippen LogP contribution in [0.5, 0.6) is 0 Å². The minimum atomic E-state index is -2.16. The third-order valence-corrected chi connectivity index (χ3v) is 10.9. The summed E-state index contributed by atoms with van der Waals surface area (Å²) < 4.78 is 54.9. The summed E-state index contributed by atoms with van der Waals surface area (Å²) in [6, 6.07) is 0. The summed E-state index contributed by atoms with van der Waals surface area (Å²) in [6.45, 7) is 13.9. The molecule has 21 nitrogen and oxygen atoms in total. The molecule has 21 heteroatoms. The van der Waals surface area contributed by atoms with Crippen LogP contribution in [0.1, 0.15) is 52.9 Å². The van der Waals surface area contributed by atoms with E-state index in [1.807, 2.05) is 41.5 Å². The van der Waals surface area contributed by atoms with Gasteiger partial charge in [-0.1, -0.05) is 24.3 Å². The molecule has 6 unspecified atom stereocenters. The predicted octanol–water partition coefficient (Wildman–Crippen LogP) is -2.43. The van der Waals surface area contributed by atoms with E-state index in [0.717, 1.165) is 0 Å². The number of aromatic nitrogens is 6. The van der Waals surface area contributed by atoms with Crippen LogP contribution in [0.3, 0.4) is 0 Å². The molecule has 2 aromatic rings. The first-order valence-corrected chi connectivity index (χ1v) is 18.4. The summed E-state index contributed by atoms with van der Waals surface area (Å²) >= 11 is 0. The second kappa shape index (κ2) is 14.8. The molecular formula is C34H54N6O15. The molecule has 6 N–H and O–H groups in total. The number of fused-ring (bicyclic) bond motifs is 1. The molecule has 10 atom stereocenters. The SMILES string of the molecule is CC1(COCc2cn(CC3O[C@H](O[C@H]4OC5(Cn6cc(COCC7(C)COC(C)(C)OC7)nn6)[C@@H](O)C(O)C45O)C(O)C(O)[C@@H]3O)nn2)COC(C)(C)OC1. The fourth-order valence-corrected chi connectivity index (χ4v) is 7.23. The van der Waals surface area contributed by atoms with Crippen molar-refractivity contribution < 1.29 is 73.3 Å². The van der Waals surface area contributed by atoms with Crippen molar-refractivity contribution in [3.05, 3.63) is 23.8 Å². The van der Waals surface area contributed by atoms with Crippen LogP contribution in [0.15, 0.2) is 12.4 Å². The van der Waals surface area contributed by atoms with Crippen LogP contribution in [-0.4, -0.2) is 172 Å². The third-order valence-electron chi connectivity index (χ3n) is 10.9. The van der Waals surface area contributed by atoms with Crippen LogP contribution < -0.4 is 0 Å². The quantitative estimate of drug-likeness (QED) is 0.116. The van der Waals surface area contributed by atoms with E-state index in [0.29, 0.717) is 51.0 Å². The molecule has 0 radical (unpaired) electrons. The Morgan fingerprint density at radius 2 is 1.22 bits per heavy atom. The molecule has 0 bridgehead atoms. The van der Waals surface area contributed by atoms with Gasteiger partial charge in [0.05, 0.1) is 78.3 Å². The van der Waals surface area contributed by atoms with Gasteiger partial charge in [0, 0.05) is 10.8 Å². The number of hydrogen-bond acceptors (Lipinski definition) is 19. The van der Waals surface area contributed by atoms with Crippen molar-refractivity contribution in [2.45, 2.75) is 140 Å². The van der Waals surface area contributed by atoms with Crippen LogP contribution in [0, 0.1) is 10.8 Å². The van der Waals surface area contributed by atoms with Crippen molar-refractivity contribution in [1.82, 2.24) is 30.0 Å². The van der Waals surface area contributed by atoms with Crippen molar-refractivity contribution in [2.75, 3.05) is 39.6 Å². The van der Waals surface area contributed by atoms with Crippen LogP contribution in [0.25, 0.3) is 0 Å². The van der Waals surface area contributed by atoms with Crippen molar-refractivity contribution >= 4 is 0 Å². The summed E-state index contributed by atoms with van der Waals surface area (Å²) in [5, 5.41) is 81.6. The minimum Gasteiger partial charge on any atom is -0.388 e. The number of nitrogens with zero attached hydrogens (tertiary/aromatic N) is 6. The van der Waals surface area contributed by atoms with E-state index in [1.165, 1.54) is 9.36 Å². The monoisotopic (exact) mass is 786 g/mol. The molecule has 7 rings (SSSR count). The molecule has 6 heterocycles. The largest absolute Gasteiger partial charge is 0.388 e. The van der Waals surface area contributed by atoms with Gasteiger partial charge in [0.25, 0.3) is 0 Å². The van der Waals surface area contributed by atoms with Crippen molar-refractivity contribution in [3.8, 4) is 0 Å². The fraction of sp³-hybridized carbons (Fsp3) is 0.882. The van der Waals surface area contributed by atoms with E-state index in [-0.39, 0.29) is 37.1 Å². The smallest absolute Gasteiger partial charge is 0.196 e. The Balaban J connectivity index is 0.913. The minimum absolute atomic E-state index is 0.106. The number of hydrogen-bond donors (Lipinski definition) is 6. The normalized spacial score (nSPS) is 38.8. The zero-order valence-corrected chi connectivity index (χ0v) is 31.9. The summed E-state index contributed by atoms with van der Waals surface area (Å²) in [7, 11) is 0. The second-order valence-corrected chi connectivity index (χ2v) is 17.1. The Hall–Kier alpha value is -2.32. The van der Waals surface area contributed by atoms with Gasteiger partial charge in [0.1, 0.15) is 48.0 Å². The van der Waals surface area contributed by atoms with E-state index < -0.39 is 72.0 Å². The zero-order chi connectivity index (χ0) is 39.6. The van der Waals surface area contributed by atoms with Crippen LogP contribution in [-0.2, 0) is 68.9 Å². The van der Waals surface area contributed by atoms with Gasteiger partial charge >= 0.3 is 0 Å². The van der Waals surface area contributed by atoms with Gasteiger partial charge in [-0.05, 0) is 27.7 Å². The molecule has 2 aromatic heterocycles. The van der Waals surface area contributed by atoms with E-state index in [2.05, 4.69) is 20.6 Å². The Morgan fingerprint density at radius 1 is 0.709 bits per heavy atom. The van der Waals surface area contributed by atoms with E-state index in [4.69, 9.17) is 42.6 Å². The number of ether oxygens (including phenoxy) is 9. The van der Waals surface area contributed by atoms with Crippen LogP contribution in [0.2, 0.25) is 0 Å². The van der Waals surface area contributed by atoms with Crippen LogP contribution >= 0.6 is 0 Å². The van der Waals surface area contributed by atoms with Gasteiger partial charge in [0.2, 0.25) is 0 Å². The molecule has 310 valence electrons. The van der Waals surface area contributed by atoms with Gasteiger partial charge in [-0.25, -0.2) is 9.36 Å². The molecule has 5 fully saturated rings. The van der Waals surface area contributed by atoms with E-state index in [1.54, 1.807) is 12.4 Å². The standard InChI is InChI=1S/C34H54N6O15/c1-29(2)49-15-31(5,16-50-29)13-47-10-19-7-39(37-35-19)9-21-22(41)23(42)24(43)27(53-21)54-28-34(46)26(45)25(44)33(34,55-28)12-40-8-20(36-38-40)11-48-14-32(6)17-51-30(3,4)52-18-32/h7-8,21-28,41-46H,9-18H2,1-6H3/t21?,22-,23?,24?,25+,26?,27-,28+,33?,34?/m1/s1. The summed E-state index contributed by atoms with van der Waals surface area (Å²) in [5.41, 5.74) is -3.64. The maximum absolute atomic E-state index is 11.6. The molecule has 1 saturated carbocycles. The van der Waals surface area contributed by atoms with Crippen LogP contribution in [0.4, 0.5) is 0 Å². The van der Waals surface area contributed by atoms with Gasteiger partial charge in [-0.15, -0.1) is 10.2 Å². The third kappa shape index (κ3) is 7.95. The van der Waals surface area contributed by atoms with Gasteiger partial charge < -0.3 is 73.3 Å². The predicted molar refractivity (Wildman–Crippen MR) is 180 cm³/mol. The summed E-state index contributed by atoms with van der Waals surface area (Å²) in [6.07, 6.45) is -9.51. The fourth-order valence-electron chi connectivity index (χ4n) is 7.23. The average Bonchev–Trinajstić information content (AvgIpc) is 3.79. The maximum atomic E-state index is 11.6. The van der Waals surface area contributed by atoms with E-state index in [9.17, 15) is 30.6 Å². The molecule has 1 aliphatic carbocycles. The zero-order valence-electron chi connectivity index (χ0n) is 31.9. The number of rotatable bonds is 14. The van der Waals surface area contributed by atoms with Gasteiger partial charge in [-0.3, -0.25) is 0 Å². The molecule has 4 aliphatic heterocycles.